The fraction of sp³-hybridized carbons (Fsp3) is 0.500. The van der Waals surface area contributed by atoms with Crippen LogP contribution in [-0.4, -0.2) is 36.5 Å². The van der Waals surface area contributed by atoms with Crippen molar-refractivity contribution in [2.45, 2.75) is 13.0 Å². The van der Waals surface area contributed by atoms with Crippen molar-refractivity contribution in [1.29, 1.82) is 0 Å². The summed E-state index contributed by atoms with van der Waals surface area (Å²) in [6.07, 6.45) is 0. The Kier molecular flexibility index (Phi) is 2.82. The molecule has 3 unspecified atom stereocenters. The van der Waals surface area contributed by atoms with Gasteiger partial charge in [0.1, 0.15) is 5.82 Å². The van der Waals surface area contributed by atoms with E-state index in [1.165, 1.54) is 6.07 Å². The van der Waals surface area contributed by atoms with Crippen LogP contribution in [0.4, 0.5) is 4.39 Å². The Morgan fingerprint density at radius 2 is 2.17 bits per heavy atom. The Hall–Kier alpha value is -1.42. The molecule has 1 aromatic rings. The molecule has 18 heavy (non-hydrogen) atoms. The molecule has 3 nitrogen and oxygen atoms in total. The molecule has 2 saturated heterocycles. The maximum atomic E-state index is 13.7. The largest absolute Gasteiger partial charge is 0.335 e. The Morgan fingerprint density at radius 3 is 2.89 bits per heavy atom. The number of nitrogens with zero attached hydrogens (tertiary/aromatic N) is 1. The Balaban J connectivity index is 1.84. The summed E-state index contributed by atoms with van der Waals surface area (Å²) >= 11 is 0. The van der Waals surface area contributed by atoms with Crippen molar-refractivity contribution in [1.82, 2.24) is 10.2 Å². The van der Waals surface area contributed by atoms with Gasteiger partial charge in [-0.05, 0) is 30.9 Å². The van der Waals surface area contributed by atoms with Crippen molar-refractivity contribution in [3.05, 3.63) is 35.6 Å². The van der Waals surface area contributed by atoms with E-state index in [2.05, 4.69) is 12.2 Å². The zero-order valence-corrected chi connectivity index (χ0v) is 10.4. The monoisotopic (exact) mass is 248 g/mol. The molecule has 3 atom stereocenters. The molecule has 2 fully saturated rings. The molecule has 0 aromatic heterocycles. The standard InChI is InChI=1S/C14H17FN2O/c1-9-12-7-16-6-10(12)8-17(9)14(18)11-4-2-3-5-13(11)15/h2-5,9-10,12,16H,6-8H2,1H3. The fourth-order valence-electron chi connectivity index (χ4n) is 3.23. The van der Waals surface area contributed by atoms with Gasteiger partial charge in [0.25, 0.3) is 5.91 Å². The van der Waals surface area contributed by atoms with Crippen molar-refractivity contribution in [2.24, 2.45) is 11.8 Å². The van der Waals surface area contributed by atoms with E-state index in [0.717, 1.165) is 19.6 Å². The molecule has 0 bridgehead atoms. The quantitative estimate of drug-likeness (QED) is 0.817. The van der Waals surface area contributed by atoms with Gasteiger partial charge in [0, 0.05) is 25.7 Å². The van der Waals surface area contributed by atoms with E-state index in [-0.39, 0.29) is 17.5 Å². The van der Waals surface area contributed by atoms with Crippen LogP contribution in [0, 0.1) is 17.7 Å². The first-order chi connectivity index (χ1) is 8.68. The van der Waals surface area contributed by atoms with Gasteiger partial charge in [-0.2, -0.15) is 0 Å². The number of carbonyl (C=O) groups excluding carboxylic acids is 1. The van der Waals surface area contributed by atoms with Crippen LogP contribution in [0.1, 0.15) is 17.3 Å². The highest BCUT2D eigenvalue weighted by molar-refractivity contribution is 5.94. The molecular weight excluding hydrogens is 231 g/mol. The summed E-state index contributed by atoms with van der Waals surface area (Å²) in [5.41, 5.74) is 0.192. The molecule has 0 spiro atoms. The van der Waals surface area contributed by atoms with Crippen LogP contribution >= 0.6 is 0 Å². The summed E-state index contributed by atoms with van der Waals surface area (Å²) in [5, 5.41) is 3.35. The molecule has 1 N–H and O–H groups in total. The summed E-state index contributed by atoms with van der Waals surface area (Å²) in [5.74, 6) is 0.441. The van der Waals surface area contributed by atoms with Crippen molar-refractivity contribution in [2.75, 3.05) is 19.6 Å². The number of fused-ring (bicyclic) bond motifs is 1. The number of hydrogen-bond donors (Lipinski definition) is 1. The van der Waals surface area contributed by atoms with Gasteiger partial charge < -0.3 is 10.2 Å². The number of rotatable bonds is 1. The lowest BCUT2D eigenvalue weighted by molar-refractivity contribution is 0.0724. The van der Waals surface area contributed by atoms with E-state index >= 15 is 0 Å². The molecule has 4 heteroatoms. The topological polar surface area (TPSA) is 32.3 Å². The van der Waals surface area contributed by atoms with Crippen molar-refractivity contribution in [3.8, 4) is 0 Å². The number of halogens is 1. The van der Waals surface area contributed by atoms with Crippen molar-refractivity contribution >= 4 is 5.91 Å². The van der Waals surface area contributed by atoms with Crippen LogP contribution in [-0.2, 0) is 0 Å². The number of hydrogen-bond acceptors (Lipinski definition) is 2. The van der Waals surface area contributed by atoms with E-state index in [4.69, 9.17) is 0 Å². The molecule has 2 aliphatic heterocycles. The van der Waals surface area contributed by atoms with Gasteiger partial charge in [-0.3, -0.25) is 4.79 Å². The molecule has 0 saturated carbocycles. The zero-order chi connectivity index (χ0) is 12.7. The fourth-order valence-corrected chi connectivity index (χ4v) is 3.23. The molecule has 3 rings (SSSR count). The summed E-state index contributed by atoms with van der Waals surface area (Å²) in [4.78, 5) is 14.2. The normalized spacial score (nSPS) is 30.6. The summed E-state index contributed by atoms with van der Waals surface area (Å²) in [6.45, 7) is 4.74. The number of amides is 1. The minimum absolute atomic E-state index is 0.171. The lowest BCUT2D eigenvalue weighted by atomic mass is 9.95. The molecule has 2 heterocycles. The van der Waals surface area contributed by atoms with Gasteiger partial charge in [0.15, 0.2) is 0 Å². The number of likely N-dealkylation sites (tertiary alicyclic amines) is 1. The molecule has 2 aliphatic rings. The average molecular weight is 248 g/mol. The lowest BCUT2D eigenvalue weighted by Crippen LogP contribution is -2.38. The first kappa shape index (κ1) is 11.7. The molecule has 0 radical (unpaired) electrons. The SMILES string of the molecule is CC1C2CNCC2CN1C(=O)c1ccccc1F. The second-order valence-electron chi connectivity index (χ2n) is 5.26. The van der Waals surface area contributed by atoms with E-state index in [1.54, 1.807) is 18.2 Å². The Labute approximate surface area is 106 Å². The van der Waals surface area contributed by atoms with Gasteiger partial charge in [-0.25, -0.2) is 4.39 Å². The first-order valence-corrected chi connectivity index (χ1v) is 6.44. The summed E-state index contributed by atoms with van der Waals surface area (Å²) < 4.78 is 13.7. The van der Waals surface area contributed by atoms with Gasteiger partial charge in [0.2, 0.25) is 0 Å². The minimum atomic E-state index is -0.426. The highest BCUT2D eigenvalue weighted by Gasteiger charge is 2.44. The minimum Gasteiger partial charge on any atom is -0.335 e. The third-order valence-corrected chi connectivity index (χ3v) is 4.30. The van der Waals surface area contributed by atoms with Crippen molar-refractivity contribution in [3.63, 3.8) is 0 Å². The first-order valence-electron chi connectivity index (χ1n) is 6.44. The predicted molar refractivity (Wildman–Crippen MR) is 66.7 cm³/mol. The molecule has 1 aromatic carbocycles. The van der Waals surface area contributed by atoms with E-state index in [9.17, 15) is 9.18 Å². The van der Waals surface area contributed by atoms with Gasteiger partial charge in [-0.15, -0.1) is 0 Å². The van der Waals surface area contributed by atoms with E-state index in [1.807, 2.05) is 4.90 Å². The van der Waals surface area contributed by atoms with Crippen LogP contribution in [0.5, 0.6) is 0 Å². The van der Waals surface area contributed by atoms with Gasteiger partial charge in [-0.1, -0.05) is 12.1 Å². The maximum Gasteiger partial charge on any atom is 0.257 e. The highest BCUT2D eigenvalue weighted by Crippen LogP contribution is 2.33. The third-order valence-electron chi connectivity index (χ3n) is 4.30. The van der Waals surface area contributed by atoms with Crippen LogP contribution in [0.3, 0.4) is 0 Å². The molecule has 0 aliphatic carbocycles. The van der Waals surface area contributed by atoms with Crippen LogP contribution in [0.15, 0.2) is 24.3 Å². The van der Waals surface area contributed by atoms with Crippen molar-refractivity contribution < 1.29 is 9.18 Å². The maximum absolute atomic E-state index is 13.7. The Bertz CT molecular complexity index is 477. The van der Waals surface area contributed by atoms with Crippen LogP contribution < -0.4 is 5.32 Å². The molecule has 1 amide bonds. The van der Waals surface area contributed by atoms with E-state index in [0.29, 0.717) is 11.8 Å². The van der Waals surface area contributed by atoms with Crippen LogP contribution in [0.2, 0.25) is 0 Å². The zero-order valence-electron chi connectivity index (χ0n) is 10.4. The second kappa shape index (κ2) is 4.35. The second-order valence-corrected chi connectivity index (χ2v) is 5.26. The van der Waals surface area contributed by atoms with Gasteiger partial charge >= 0.3 is 0 Å². The van der Waals surface area contributed by atoms with Gasteiger partial charge in [0.05, 0.1) is 5.56 Å². The highest BCUT2D eigenvalue weighted by atomic mass is 19.1. The number of nitrogens with one attached hydrogen (secondary N) is 1. The lowest BCUT2D eigenvalue weighted by Gasteiger charge is -2.24. The predicted octanol–water partition coefficient (Wildman–Crippen LogP) is 1.51. The summed E-state index contributed by atoms with van der Waals surface area (Å²) in [7, 11) is 0. The molecular formula is C14H17FN2O. The van der Waals surface area contributed by atoms with E-state index < -0.39 is 5.82 Å². The number of carbonyl (C=O) groups is 1. The van der Waals surface area contributed by atoms with Crippen LogP contribution in [0.25, 0.3) is 0 Å². The summed E-state index contributed by atoms with van der Waals surface area (Å²) in [6, 6.07) is 6.42. The third kappa shape index (κ3) is 1.72. The molecule has 96 valence electrons. The average Bonchev–Trinajstić information content (AvgIpc) is 2.93. The Morgan fingerprint density at radius 1 is 1.39 bits per heavy atom. The smallest absolute Gasteiger partial charge is 0.257 e. The number of benzene rings is 1.